The molecule has 1 aliphatic rings. The maximum atomic E-state index is 9.08. The number of aryl methyl sites for hydroxylation is 1. The number of aromatic nitrogens is 1. The van der Waals surface area contributed by atoms with Gasteiger partial charge in [-0.2, -0.15) is 4.57 Å². The van der Waals surface area contributed by atoms with Crippen LogP contribution in [-0.2, 0) is 13.0 Å². The molecule has 7 heteroatoms. The molecule has 0 aliphatic carbocycles. The lowest BCUT2D eigenvalue weighted by atomic mass is 10.1. The van der Waals surface area contributed by atoms with Crippen LogP contribution in [0.15, 0.2) is 5.51 Å². The molecule has 2 heterocycles. The molecular formula is C23H42Cl2N3OS-. The predicted octanol–water partition coefficient (Wildman–Crippen LogP) is -0.749. The third kappa shape index (κ3) is 11.3. The van der Waals surface area contributed by atoms with Gasteiger partial charge in [-0.1, -0.05) is 56.3 Å². The molecule has 1 saturated heterocycles. The van der Waals surface area contributed by atoms with Crippen molar-refractivity contribution in [3.8, 4) is 0 Å². The second kappa shape index (κ2) is 18.2. The summed E-state index contributed by atoms with van der Waals surface area (Å²) < 4.78 is 2.36. The first-order valence-electron chi connectivity index (χ1n) is 11.6. The Morgan fingerprint density at radius 2 is 1.50 bits per heavy atom. The first-order valence-corrected chi connectivity index (χ1v) is 12.5. The van der Waals surface area contributed by atoms with Crippen LogP contribution in [0.2, 0.25) is 0 Å². The van der Waals surface area contributed by atoms with Crippen LogP contribution in [-0.4, -0.2) is 35.5 Å². The smallest absolute Gasteiger partial charge is 0.225 e. The highest BCUT2D eigenvalue weighted by Gasteiger charge is 2.14. The number of aliphatic hydroxyl groups is 1. The van der Waals surface area contributed by atoms with Gasteiger partial charge < -0.3 is 34.8 Å². The highest BCUT2D eigenvalue weighted by Crippen LogP contribution is 2.15. The van der Waals surface area contributed by atoms with Gasteiger partial charge in [-0.25, -0.2) is 0 Å². The molecule has 2 rings (SSSR count). The molecule has 1 fully saturated rings. The Balaban J connectivity index is 0.00000420. The van der Waals surface area contributed by atoms with E-state index >= 15 is 0 Å². The number of nitrogens with one attached hydrogen (secondary N) is 1. The normalized spacial score (nSPS) is 13.2. The van der Waals surface area contributed by atoms with E-state index in [2.05, 4.69) is 21.9 Å². The number of hydrogen-bond donors (Lipinski definition) is 2. The number of halogens is 2. The van der Waals surface area contributed by atoms with Crippen molar-refractivity contribution < 1.29 is 34.5 Å². The minimum atomic E-state index is 0. The van der Waals surface area contributed by atoms with Crippen molar-refractivity contribution in [3.05, 3.63) is 16.1 Å². The van der Waals surface area contributed by atoms with Crippen LogP contribution in [0.25, 0.3) is 0 Å². The number of hydrogen-bond acceptors (Lipinski definition) is 3. The van der Waals surface area contributed by atoms with E-state index in [1.54, 1.807) is 11.3 Å². The van der Waals surface area contributed by atoms with Crippen LogP contribution < -0.4 is 29.4 Å². The van der Waals surface area contributed by atoms with Gasteiger partial charge in [0.15, 0.2) is 5.69 Å². The summed E-state index contributed by atoms with van der Waals surface area (Å²) in [4.78, 5) is 3.60. The van der Waals surface area contributed by atoms with Gasteiger partial charge in [-0.15, -0.1) is 0 Å². The summed E-state index contributed by atoms with van der Waals surface area (Å²) in [6.45, 7) is 5.80. The number of amidine groups is 1. The monoisotopic (exact) mass is 478 g/mol. The molecule has 0 bridgehead atoms. The summed E-state index contributed by atoms with van der Waals surface area (Å²) in [5.74, 6) is 0.887. The number of rotatable bonds is 15. The van der Waals surface area contributed by atoms with Crippen LogP contribution in [0.4, 0.5) is 0 Å². The average Bonchev–Trinajstić information content (AvgIpc) is 3.34. The first-order chi connectivity index (χ1) is 13.7. The van der Waals surface area contributed by atoms with Crippen molar-refractivity contribution in [1.29, 1.82) is 5.41 Å². The number of likely N-dealkylation sites (tertiary alicyclic amines) is 1. The lowest BCUT2D eigenvalue weighted by Gasteiger charge is -2.18. The van der Waals surface area contributed by atoms with E-state index in [1.165, 1.54) is 87.6 Å². The molecule has 0 saturated carbocycles. The van der Waals surface area contributed by atoms with Gasteiger partial charge in [-0.05, 0) is 25.7 Å². The van der Waals surface area contributed by atoms with E-state index in [1.807, 2.05) is 0 Å². The second-order valence-electron chi connectivity index (χ2n) is 8.33. The fourth-order valence-corrected chi connectivity index (χ4v) is 5.16. The average molecular weight is 480 g/mol. The summed E-state index contributed by atoms with van der Waals surface area (Å²) in [7, 11) is 0. The Morgan fingerprint density at radius 1 is 0.967 bits per heavy atom. The van der Waals surface area contributed by atoms with Crippen LogP contribution in [0.1, 0.15) is 94.0 Å². The first kappa shape index (κ1) is 29.6. The molecule has 1 aromatic rings. The quantitative estimate of drug-likeness (QED) is 0.151. The summed E-state index contributed by atoms with van der Waals surface area (Å²) in [5, 5.41) is 17.2. The van der Waals surface area contributed by atoms with Crippen molar-refractivity contribution in [2.24, 2.45) is 0 Å². The third-order valence-electron chi connectivity index (χ3n) is 6.05. The summed E-state index contributed by atoms with van der Waals surface area (Å²) in [5.41, 5.74) is 3.56. The minimum absolute atomic E-state index is 0. The molecule has 0 spiro atoms. The van der Waals surface area contributed by atoms with E-state index in [4.69, 9.17) is 10.5 Å². The topological polar surface area (TPSA) is 51.2 Å². The zero-order valence-electron chi connectivity index (χ0n) is 18.8. The molecule has 2 N–H and O–H groups in total. The molecule has 0 amide bonds. The molecular weight excluding hydrogens is 437 g/mol. The largest absolute Gasteiger partial charge is 1.00 e. The zero-order chi connectivity index (χ0) is 20.0. The van der Waals surface area contributed by atoms with Gasteiger partial charge in [0, 0.05) is 45.9 Å². The SMILES string of the molecule is Cc1c(CCO)sc[n+]1CCCCCCCCCCCCC(=N)N1CCCC1.[Cl-].[Cl-]. The number of nitrogens with zero attached hydrogens (tertiary/aromatic N) is 2. The lowest BCUT2D eigenvalue weighted by molar-refractivity contribution is -0.698. The zero-order valence-corrected chi connectivity index (χ0v) is 21.1. The highest BCUT2D eigenvalue weighted by atomic mass is 35.5. The molecule has 1 aliphatic heterocycles. The summed E-state index contributed by atoms with van der Waals surface area (Å²) in [6, 6.07) is 0. The lowest BCUT2D eigenvalue weighted by Crippen LogP contribution is -3.00. The molecule has 0 radical (unpaired) electrons. The van der Waals surface area contributed by atoms with Crippen LogP contribution in [0.3, 0.4) is 0 Å². The molecule has 176 valence electrons. The fourth-order valence-electron chi connectivity index (χ4n) is 4.15. The van der Waals surface area contributed by atoms with Gasteiger partial charge in [0.1, 0.15) is 6.54 Å². The Kier molecular flexibility index (Phi) is 18.0. The molecule has 30 heavy (non-hydrogen) atoms. The van der Waals surface area contributed by atoms with Crippen molar-refractivity contribution in [2.45, 2.75) is 103 Å². The van der Waals surface area contributed by atoms with Gasteiger partial charge in [0.25, 0.3) is 0 Å². The van der Waals surface area contributed by atoms with Crippen molar-refractivity contribution in [3.63, 3.8) is 0 Å². The van der Waals surface area contributed by atoms with Gasteiger partial charge >= 0.3 is 0 Å². The Hall–Kier alpha value is -0.360. The number of aliphatic hydroxyl groups excluding tert-OH is 1. The van der Waals surface area contributed by atoms with E-state index < -0.39 is 0 Å². The fraction of sp³-hybridized carbons (Fsp3) is 0.826. The molecule has 0 atom stereocenters. The van der Waals surface area contributed by atoms with Gasteiger partial charge in [-0.3, -0.25) is 5.41 Å². The molecule has 1 aromatic heterocycles. The van der Waals surface area contributed by atoms with E-state index in [0.717, 1.165) is 38.3 Å². The standard InChI is InChI=1S/C23H42N3OS.2ClH/c1-21-22(15-19-27)28-20-26(21)18-11-9-7-5-3-2-4-6-8-10-14-23(24)25-16-12-13-17-25;;/h20,24,27H,2-19H2,1H3;2*1H/q+1;;/p-2. The predicted molar refractivity (Wildman–Crippen MR) is 119 cm³/mol. The van der Waals surface area contributed by atoms with E-state index in [-0.39, 0.29) is 31.4 Å². The van der Waals surface area contributed by atoms with Gasteiger partial charge in [0.05, 0.1) is 10.7 Å². The van der Waals surface area contributed by atoms with Crippen molar-refractivity contribution in [1.82, 2.24) is 4.90 Å². The Labute approximate surface area is 200 Å². The second-order valence-corrected chi connectivity index (χ2v) is 9.26. The highest BCUT2D eigenvalue weighted by molar-refractivity contribution is 7.09. The van der Waals surface area contributed by atoms with Crippen molar-refractivity contribution in [2.75, 3.05) is 19.7 Å². The Bertz CT molecular complexity index is 563. The van der Waals surface area contributed by atoms with Crippen LogP contribution in [0.5, 0.6) is 0 Å². The number of thiazole rings is 1. The van der Waals surface area contributed by atoms with Gasteiger partial charge in [0.2, 0.25) is 5.51 Å². The molecule has 0 aromatic carbocycles. The number of unbranched alkanes of at least 4 members (excludes halogenated alkanes) is 9. The minimum Gasteiger partial charge on any atom is -1.00 e. The molecule has 4 nitrogen and oxygen atoms in total. The van der Waals surface area contributed by atoms with E-state index in [0.29, 0.717) is 0 Å². The van der Waals surface area contributed by atoms with E-state index in [9.17, 15) is 0 Å². The summed E-state index contributed by atoms with van der Waals surface area (Å²) >= 11 is 1.78. The Morgan fingerprint density at radius 3 is 2.07 bits per heavy atom. The maximum Gasteiger partial charge on any atom is 0.225 e. The van der Waals surface area contributed by atoms with Crippen molar-refractivity contribution >= 4 is 17.2 Å². The van der Waals surface area contributed by atoms with Crippen LogP contribution >= 0.6 is 11.3 Å². The third-order valence-corrected chi connectivity index (χ3v) is 7.19. The molecule has 0 unspecified atom stereocenters. The maximum absolute atomic E-state index is 9.08. The summed E-state index contributed by atoms with van der Waals surface area (Å²) in [6.07, 6.45) is 17.7. The van der Waals surface area contributed by atoms with Crippen LogP contribution in [0, 0.1) is 12.3 Å².